The van der Waals surface area contributed by atoms with Gasteiger partial charge in [-0.05, 0) is 22.9 Å². The maximum Gasteiger partial charge on any atom is 0.273 e. The summed E-state index contributed by atoms with van der Waals surface area (Å²) >= 11 is 6.24. The van der Waals surface area contributed by atoms with Crippen molar-refractivity contribution in [2.24, 2.45) is 5.10 Å². The van der Waals surface area contributed by atoms with Gasteiger partial charge in [0.25, 0.3) is 5.69 Å². The molecule has 4 aromatic rings. The maximum absolute atomic E-state index is 12.4. The van der Waals surface area contributed by atoms with Gasteiger partial charge in [0.05, 0.1) is 17.6 Å². The number of hydrazone groups is 1. The van der Waals surface area contributed by atoms with Crippen molar-refractivity contribution in [3.8, 4) is 5.75 Å². The van der Waals surface area contributed by atoms with Crippen molar-refractivity contribution in [3.63, 3.8) is 0 Å². The van der Waals surface area contributed by atoms with Gasteiger partial charge in [0, 0.05) is 27.8 Å². The van der Waals surface area contributed by atoms with E-state index in [0.29, 0.717) is 21.9 Å². The van der Waals surface area contributed by atoms with E-state index in [1.54, 1.807) is 24.3 Å². The first-order chi connectivity index (χ1) is 16.5. The second kappa shape index (κ2) is 10.6. The Bertz CT molecular complexity index is 1390. The zero-order valence-electron chi connectivity index (χ0n) is 18.0. The number of nitro benzene ring substituents is 1. The first kappa shape index (κ1) is 22.9. The lowest BCUT2D eigenvalue weighted by Crippen LogP contribution is -2.20. The number of hydrogen-bond donors (Lipinski definition) is 1. The SMILES string of the molecule is O=C(Cc1ccccc1[N+](=O)[O-])N/N=C/c1c(OCc2ccccc2Cl)ccc2ccccc12. The predicted molar refractivity (Wildman–Crippen MR) is 132 cm³/mol. The number of carbonyl (C=O) groups is 1. The molecule has 8 heteroatoms. The highest BCUT2D eigenvalue weighted by molar-refractivity contribution is 6.31. The van der Waals surface area contributed by atoms with Gasteiger partial charge in [-0.25, -0.2) is 5.43 Å². The van der Waals surface area contributed by atoms with E-state index in [2.05, 4.69) is 10.5 Å². The molecule has 0 saturated carbocycles. The number of rotatable bonds is 8. The third kappa shape index (κ3) is 5.39. The molecule has 7 nitrogen and oxygen atoms in total. The Kier molecular flexibility index (Phi) is 7.15. The van der Waals surface area contributed by atoms with Crippen LogP contribution in [0.15, 0.2) is 90.0 Å². The van der Waals surface area contributed by atoms with Gasteiger partial charge in [0.15, 0.2) is 0 Å². The van der Waals surface area contributed by atoms with Crippen LogP contribution in [0.25, 0.3) is 10.8 Å². The van der Waals surface area contributed by atoms with Crippen molar-refractivity contribution >= 4 is 40.2 Å². The summed E-state index contributed by atoms with van der Waals surface area (Å²) in [4.78, 5) is 23.0. The molecule has 0 spiro atoms. The average molecular weight is 474 g/mol. The highest BCUT2D eigenvalue weighted by atomic mass is 35.5. The van der Waals surface area contributed by atoms with Gasteiger partial charge in [-0.3, -0.25) is 14.9 Å². The number of fused-ring (bicyclic) bond motifs is 1. The molecular formula is C26H20ClN3O4. The molecule has 0 heterocycles. The zero-order valence-corrected chi connectivity index (χ0v) is 18.7. The van der Waals surface area contributed by atoms with Crippen LogP contribution in [0, 0.1) is 10.1 Å². The summed E-state index contributed by atoms with van der Waals surface area (Å²) in [5, 5.41) is 17.8. The lowest BCUT2D eigenvalue weighted by molar-refractivity contribution is -0.385. The van der Waals surface area contributed by atoms with Crippen LogP contribution < -0.4 is 10.2 Å². The van der Waals surface area contributed by atoms with Crippen molar-refractivity contribution in [1.29, 1.82) is 0 Å². The summed E-state index contributed by atoms with van der Waals surface area (Å²) in [6.45, 7) is 0.267. The number of hydrogen-bond acceptors (Lipinski definition) is 5. The monoisotopic (exact) mass is 473 g/mol. The van der Waals surface area contributed by atoms with E-state index < -0.39 is 10.8 Å². The summed E-state index contributed by atoms with van der Waals surface area (Å²) in [5.41, 5.74) is 4.20. The lowest BCUT2D eigenvalue weighted by Gasteiger charge is -2.12. The first-order valence-electron chi connectivity index (χ1n) is 10.4. The number of ether oxygens (including phenoxy) is 1. The van der Waals surface area contributed by atoms with Crippen LogP contribution >= 0.6 is 11.6 Å². The number of nitrogens with one attached hydrogen (secondary N) is 1. The first-order valence-corrected chi connectivity index (χ1v) is 10.8. The molecule has 0 fully saturated rings. The van der Waals surface area contributed by atoms with Crippen LogP contribution in [0.4, 0.5) is 5.69 Å². The van der Waals surface area contributed by atoms with E-state index in [1.165, 1.54) is 12.3 Å². The molecule has 4 rings (SSSR count). The summed E-state index contributed by atoms with van der Waals surface area (Å²) in [6.07, 6.45) is 1.35. The molecule has 0 bridgehead atoms. The van der Waals surface area contributed by atoms with E-state index in [9.17, 15) is 14.9 Å². The van der Waals surface area contributed by atoms with Crippen molar-refractivity contribution in [2.45, 2.75) is 13.0 Å². The molecular weight excluding hydrogens is 454 g/mol. The van der Waals surface area contributed by atoms with Crippen LogP contribution in [0.5, 0.6) is 5.75 Å². The average Bonchev–Trinajstić information content (AvgIpc) is 2.84. The molecule has 0 atom stereocenters. The van der Waals surface area contributed by atoms with Gasteiger partial charge in [-0.2, -0.15) is 5.10 Å². The van der Waals surface area contributed by atoms with Crippen LogP contribution in [-0.4, -0.2) is 17.0 Å². The minimum absolute atomic E-state index is 0.106. The topological polar surface area (TPSA) is 93.8 Å². The van der Waals surface area contributed by atoms with Crippen LogP contribution in [-0.2, 0) is 17.8 Å². The van der Waals surface area contributed by atoms with Gasteiger partial charge < -0.3 is 4.74 Å². The Morgan fingerprint density at radius 1 is 0.971 bits per heavy atom. The smallest absolute Gasteiger partial charge is 0.273 e. The second-order valence-corrected chi connectivity index (χ2v) is 7.84. The van der Waals surface area contributed by atoms with Crippen molar-refractivity contribution in [2.75, 3.05) is 0 Å². The molecule has 1 amide bonds. The summed E-state index contributed by atoms with van der Waals surface area (Å²) in [5.74, 6) is 0.111. The minimum Gasteiger partial charge on any atom is -0.488 e. The van der Waals surface area contributed by atoms with Gasteiger partial charge in [-0.1, -0.05) is 78.3 Å². The third-order valence-corrected chi connectivity index (χ3v) is 5.56. The molecule has 0 aliphatic rings. The van der Waals surface area contributed by atoms with Crippen molar-refractivity contribution < 1.29 is 14.5 Å². The molecule has 1 N–H and O–H groups in total. The Morgan fingerprint density at radius 3 is 2.47 bits per heavy atom. The Balaban J connectivity index is 1.54. The quantitative estimate of drug-likeness (QED) is 0.202. The third-order valence-electron chi connectivity index (χ3n) is 5.19. The normalized spacial score (nSPS) is 11.0. The summed E-state index contributed by atoms with van der Waals surface area (Å²) < 4.78 is 6.04. The molecule has 34 heavy (non-hydrogen) atoms. The van der Waals surface area contributed by atoms with E-state index in [4.69, 9.17) is 16.3 Å². The van der Waals surface area contributed by atoms with Crippen LogP contribution in [0.1, 0.15) is 16.7 Å². The number of nitrogens with zero attached hydrogens (tertiary/aromatic N) is 2. The number of nitro groups is 1. The second-order valence-electron chi connectivity index (χ2n) is 7.43. The van der Waals surface area contributed by atoms with E-state index in [1.807, 2.05) is 54.6 Å². The Morgan fingerprint density at radius 2 is 1.68 bits per heavy atom. The number of para-hydroxylation sites is 1. The van der Waals surface area contributed by atoms with Crippen molar-refractivity contribution in [1.82, 2.24) is 5.43 Å². The summed E-state index contributed by atoms with van der Waals surface area (Å²) in [7, 11) is 0. The number of benzene rings is 4. The molecule has 0 unspecified atom stereocenters. The fourth-order valence-electron chi connectivity index (χ4n) is 3.53. The summed E-state index contributed by atoms with van der Waals surface area (Å²) in [6, 6.07) is 25.1. The minimum atomic E-state index is -0.509. The van der Waals surface area contributed by atoms with Crippen LogP contribution in [0.3, 0.4) is 0 Å². The molecule has 0 radical (unpaired) electrons. The predicted octanol–water partition coefficient (Wildman–Crippen LogP) is 5.67. The molecule has 170 valence electrons. The van der Waals surface area contributed by atoms with Crippen LogP contribution in [0.2, 0.25) is 5.02 Å². The lowest BCUT2D eigenvalue weighted by atomic mass is 10.0. The van der Waals surface area contributed by atoms with Gasteiger partial charge in [-0.15, -0.1) is 0 Å². The van der Waals surface area contributed by atoms with E-state index >= 15 is 0 Å². The number of carbonyl (C=O) groups excluding carboxylic acids is 1. The maximum atomic E-state index is 12.4. The fourth-order valence-corrected chi connectivity index (χ4v) is 3.72. The van der Waals surface area contributed by atoms with E-state index in [-0.39, 0.29) is 18.7 Å². The largest absolute Gasteiger partial charge is 0.488 e. The van der Waals surface area contributed by atoms with Crippen molar-refractivity contribution in [3.05, 3.63) is 117 Å². The van der Waals surface area contributed by atoms with E-state index in [0.717, 1.165) is 16.3 Å². The fraction of sp³-hybridized carbons (Fsp3) is 0.0769. The molecule has 0 aliphatic carbocycles. The molecule has 4 aromatic carbocycles. The zero-order chi connectivity index (χ0) is 23.9. The Labute approximate surface area is 200 Å². The van der Waals surface area contributed by atoms with Gasteiger partial charge in [0.1, 0.15) is 12.4 Å². The highest BCUT2D eigenvalue weighted by Gasteiger charge is 2.15. The number of halogens is 1. The Hall–Kier alpha value is -4.23. The molecule has 0 saturated heterocycles. The molecule has 0 aromatic heterocycles. The number of amides is 1. The molecule has 0 aliphatic heterocycles. The standard InChI is InChI=1S/C26H20ClN3O4/c27-23-11-5-2-9-20(23)17-34-25-14-13-18-7-1-4-10-21(18)22(25)16-28-29-26(31)15-19-8-3-6-12-24(19)30(32)33/h1-14,16H,15,17H2,(H,29,31)/b28-16+. The van der Waals surface area contributed by atoms with Gasteiger partial charge >= 0.3 is 0 Å². The highest BCUT2D eigenvalue weighted by Crippen LogP contribution is 2.28. The van der Waals surface area contributed by atoms with Gasteiger partial charge in [0.2, 0.25) is 5.91 Å².